The molecule has 1 aliphatic carbocycles. The van der Waals surface area contributed by atoms with Crippen molar-refractivity contribution in [1.29, 1.82) is 0 Å². The van der Waals surface area contributed by atoms with Gasteiger partial charge in [0.25, 0.3) is 0 Å². The molecule has 6 heteroatoms. The number of aliphatic hydroxyl groups is 2. The van der Waals surface area contributed by atoms with Crippen molar-refractivity contribution >= 4 is 11.8 Å². The predicted octanol–water partition coefficient (Wildman–Crippen LogP) is 7.93. The molecule has 0 aromatic heterocycles. The van der Waals surface area contributed by atoms with Crippen LogP contribution in [0.3, 0.4) is 0 Å². The maximum Gasteiger partial charge on any atom is 0.236 e. The molecule has 0 heterocycles. The lowest BCUT2D eigenvalue weighted by atomic mass is 9.76. The van der Waals surface area contributed by atoms with Crippen LogP contribution in [0.2, 0.25) is 0 Å². The van der Waals surface area contributed by atoms with Crippen molar-refractivity contribution in [2.75, 3.05) is 0 Å². The smallest absolute Gasteiger partial charge is 0.236 e. The molecule has 0 spiro atoms. The summed E-state index contributed by atoms with van der Waals surface area (Å²) in [5, 5.41) is 32.1. The van der Waals surface area contributed by atoms with E-state index in [2.05, 4.69) is 38.3 Å². The van der Waals surface area contributed by atoms with Crippen LogP contribution in [0.5, 0.6) is 0 Å². The maximum atomic E-state index is 14.5. The van der Waals surface area contributed by atoms with E-state index in [0.29, 0.717) is 47.9 Å². The first kappa shape index (κ1) is 38.0. The fourth-order valence-electron chi connectivity index (χ4n) is 7.25. The topological polar surface area (TPSA) is 98.7 Å². The Morgan fingerprint density at radius 1 is 0.529 bits per heavy atom. The number of carbonyl (C=O) groups excluding carboxylic acids is 2. The van der Waals surface area contributed by atoms with Gasteiger partial charge in [-0.25, -0.2) is 0 Å². The molecule has 2 amide bonds. The third kappa shape index (κ3) is 7.98. The van der Waals surface area contributed by atoms with Gasteiger partial charge in [0.15, 0.2) is 0 Å². The molecule has 4 aromatic rings. The Balaban J connectivity index is 1.51. The third-order valence-corrected chi connectivity index (χ3v) is 10.6. The van der Waals surface area contributed by atoms with E-state index in [-0.39, 0.29) is 11.8 Å². The van der Waals surface area contributed by atoms with Gasteiger partial charge < -0.3 is 20.8 Å². The Morgan fingerprint density at radius 3 is 0.961 bits per heavy atom. The number of nitrogens with one attached hydrogen (secondary N) is 2. The molecule has 0 saturated heterocycles. The summed E-state index contributed by atoms with van der Waals surface area (Å²) >= 11 is 0. The van der Waals surface area contributed by atoms with E-state index in [0.717, 1.165) is 22.3 Å². The van der Waals surface area contributed by atoms with Crippen LogP contribution >= 0.6 is 0 Å². The predicted molar refractivity (Wildman–Crippen MR) is 205 cm³/mol. The Morgan fingerprint density at radius 2 is 0.765 bits per heavy atom. The van der Waals surface area contributed by atoms with Gasteiger partial charge in [0, 0.05) is 0 Å². The van der Waals surface area contributed by atoms with Gasteiger partial charge in [-0.05, 0) is 87.5 Å². The van der Waals surface area contributed by atoms with Crippen LogP contribution in [0.25, 0.3) is 0 Å². The van der Waals surface area contributed by atoms with Crippen LogP contribution in [0.1, 0.15) is 97.9 Å². The largest absolute Gasteiger partial charge is 0.378 e. The summed E-state index contributed by atoms with van der Waals surface area (Å²) in [5.74, 6) is -0.533. The van der Waals surface area contributed by atoms with Gasteiger partial charge in [0.2, 0.25) is 11.8 Å². The van der Waals surface area contributed by atoms with E-state index in [1.807, 2.05) is 125 Å². The van der Waals surface area contributed by atoms with Gasteiger partial charge in [-0.3, -0.25) is 9.59 Å². The van der Waals surface area contributed by atoms with Crippen LogP contribution in [0.4, 0.5) is 0 Å². The Hall–Kier alpha value is -4.26. The molecule has 5 rings (SSSR count). The minimum absolute atomic E-state index is 0.135. The van der Waals surface area contributed by atoms with Gasteiger partial charge in [-0.2, -0.15) is 0 Å². The fourth-order valence-corrected chi connectivity index (χ4v) is 7.25. The Kier molecular flexibility index (Phi) is 11.3. The molecule has 1 fully saturated rings. The minimum atomic E-state index is -1.55. The van der Waals surface area contributed by atoms with Gasteiger partial charge in [0.05, 0.1) is 12.1 Å². The number of benzene rings is 4. The van der Waals surface area contributed by atoms with E-state index in [4.69, 9.17) is 0 Å². The zero-order valence-corrected chi connectivity index (χ0v) is 31.6. The molecule has 0 unspecified atom stereocenters. The van der Waals surface area contributed by atoms with Crippen LogP contribution < -0.4 is 10.6 Å². The Bertz CT molecular complexity index is 1570. The SMILES string of the molecule is Cc1ccc(C(O)(c2ccc(C)cc2)[C@@H](CC(C)C)NC(=O)C2(C(=O)N[C@H](CC(C)C)C(O)(c3ccc(C)cc3)c3ccc(C)cc3)CC2)cc1. The number of hydrogen-bond donors (Lipinski definition) is 4. The quantitative estimate of drug-likeness (QED) is 0.101. The standard InChI is InChI=1S/C45H56N2O4/c1-29(2)27-39(44(50,35-17-9-31(5)10-18-35)36-19-11-32(6)12-20-36)46-41(48)43(25-26-43)42(49)47-40(28-30(3)4)45(51,37-21-13-33(7)14-22-37)38-23-15-34(8)16-24-38/h9-24,29-30,39-40,50-51H,25-28H2,1-8H3,(H,46,48)(H,47,49)/t39-,40-/m1/s1. The van der Waals surface area contributed by atoms with E-state index in [1.165, 1.54) is 0 Å². The van der Waals surface area contributed by atoms with E-state index < -0.39 is 40.5 Å². The summed E-state index contributed by atoms with van der Waals surface area (Å²) in [6.45, 7) is 16.3. The lowest BCUT2D eigenvalue weighted by Crippen LogP contribution is -2.58. The second kappa shape index (κ2) is 15.1. The lowest BCUT2D eigenvalue weighted by Gasteiger charge is -2.40. The van der Waals surface area contributed by atoms with E-state index in [9.17, 15) is 19.8 Å². The monoisotopic (exact) mass is 688 g/mol. The second-order valence-corrected chi connectivity index (χ2v) is 15.9. The van der Waals surface area contributed by atoms with Gasteiger partial charge in [-0.1, -0.05) is 147 Å². The summed E-state index contributed by atoms with van der Waals surface area (Å²) in [5.41, 5.74) is 2.55. The highest BCUT2D eigenvalue weighted by molar-refractivity contribution is 6.08. The fraction of sp³-hybridized carbons (Fsp3) is 0.422. The third-order valence-electron chi connectivity index (χ3n) is 10.6. The number of carbonyl (C=O) groups is 2. The van der Waals surface area contributed by atoms with Crippen molar-refractivity contribution in [3.05, 3.63) is 142 Å². The summed E-state index contributed by atoms with van der Waals surface area (Å²) in [7, 11) is 0. The van der Waals surface area contributed by atoms with Crippen LogP contribution in [-0.2, 0) is 20.8 Å². The first-order chi connectivity index (χ1) is 24.1. The second-order valence-electron chi connectivity index (χ2n) is 15.9. The number of rotatable bonds is 14. The average Bonchev–Trinajstić information content (AvgIpc) is 3.90. The average molecular weight is 689 g/mol. The summed E-state index contributed by atoms with van der Waals surface area (Å²) < 4.78 is 0. The van der Waals surface area contributed by atoms with Crippen molar-refractivity contribution in [2.24, 2.45) is 17.3 Å². The van der Waals surface area contributed by atoms with Crippen molar-refractivity contribution in [2.45, 2.75) is 104 Å². The highest BCUT2D eigenvalue weighted by Gasteiger charge is 2.59. The molecule has 270 valence electrons. The van der Waals surface area contributed by atoms with Gasteiger partial charge in [0.1, 0.15) is 16.6 Å². The minimum Gasteiger partial charge on any atom is -0.378 e. The van der Waals surface area contributed by atoms with Crippen LogP contribution in [0.15, 0.2) is 97.1 Å². The molecule has 0 bridgehead atoms. The molecule has 4 N–H and O–H groups in total. The molecular formula is C45H56N2O4. The molecule has 4 aromatic carbocycles. The highest BCUT2D eigenvalue weighted by atomic mass is 16.3. The molecular weight excluding hydrogens is 633 g/mol. The lowest BCUT2D eigenvalue weighted by molar-refractivity contribution is -0.140. The normalized spacial score (nSPS) is 15.4. The molecule has 0 aliphatic heterocycles. The molecule has 1 aliphatic rings. The van der Waals surface area contributed by atoms with E-state index >= 15 is 0 Å². The first-order valence-electron chi connectivity index (χ1n) is 18.4. The molecule has 0 radical (unpaired) electrons. The maximum absolute atomic E-state index is 14.5. The van der Waals surface area contributed by atoms with Crippen LogP contribution in [-0.4, -0.2) is 34.1 Å². The van der Waals surface area contributed by atoms with Gasteiger partial charge in [-0.15, -0.1) is 0 Å². The van der Waals surface area contributed by atoms with Crippen molar-refractivity contribution in [3.8, 4) is 0 Å². The van der Waals surface area contributed by atoms with Gasteiger partial charge >= 0.3 is 0 Å². The van der Waals surface area contributed by atoms with Crippen LogP contribution in [0, 0.1) is 44.9 Å². The van der Waals surface area contributed by atoms with Crippen molar-refractivity contribution < 1.29 is 19.8 Å². The summed E-state index contributed by atoms with van der Waals surface area (Å²) in [6, 6.07) is 29.7. The van der Waals surface area contributed by atoms with Crippen molar-refractivity contribution in [3.63, 3.8) is 0 Å². The van der Waals surface area contributed by atoms with E-state index in [1.54, 1.807) is 0 Å². The van der Waals surface area contributed by atoms with Crippen molar-refractivity contribution in [1.82, 2.24) is 10.6 Å². The number of aryl methyl sites for hydroxylation is 4. The zero-order chi connectivity index (χ0) is 37.1. The molecule has 6 nitrogen and oxygen atoms in total. The zero-order valence-electron chi connectivity index (χ0n) is 31.6. The molecule has 1 saturated carbocycles. The highest BCUT2D eigenvalue weighted by Crippen LogP contribution is 2.48. The summed E-state index contributed by atoms with van der Waals surface area (Å²) in [6.07, 6.45) is 1.74. The summed E-state index contributed by atoms with van der Waals surface area (Å²) in [4.78, 5) is 29.0. The number of amides is 2. The first-order valence-corrected chi connectivity index (χ1v) is 18.4. The number of hydrogen-bond acceptors (Lipinski definition) is 4. The Labute approximate surface area is 304 Å². The molecule has 2 atom stereocenters. The molecule has 51 heavy (non-hydrogen) atoms.